The minimum Gasteiger partial charge on any atom is -0.351 e. The number of benzene rings is 1. The fourth-order valence-corrected chi connectivity index (χ4v) is 2.48. The van der Waals surface area contributed by atoms with Crippen LogP contribution in [0, 0.1) is 0 Å². The summed E-state index contributed by atoms with van der Waals surface area (Å²) in [5.41, 5.74) is 8.94. The van der Waals surface area contributed by atoms with Gasteiger partial charge in [-0.05, 0) is 18.6 Å². The van der Waals surface area contributed by atoms with Crippen LogP contribution in [0.1, 0.15) is 22.5 Å². The molecule has 0 unspecified atom stereocenters. The molecule has 22 heavy (non-hydrogen) atoms. The van der Waals surface area contributed by atoms with Gasteiger partial charge >= 0.3 is 0 Å². The van der Waals surface area contributed by atoms with Gasteiger partial charge in [0.1, 0.15) is 0 Å². The second kappa shape index (κ2) is 8.26. The van der Waals surface area contributed by atoms with Crippen LogP contribution >= 0.6 is 11.3 Å². The van der Waals surface area contributed by atoms with Gasteiger partial charge in [-0.3, -0.25) is 9.59 Å². The lowest BCUT2D eigenvalue weighted by Crippen LogP contribution is -2.30. The lowest BCUT2D eigenvalue weighted by molar-refractivity contribution is -0.116. The first-order valence-electron chi connectivity index (χ1n) is 6.95. The first-order valence-corrected chi connectivity index (χ1v) is 7.89. The molecule has 4 N–H and O–H groups in total. The van der Waals surface area contributed by atoms with Gasteiger partial charge in [0.25, 0.3) is 5.91 Å². The number of aromatic nitrogens is 1. The molecule has 7 heteroatoms. The van der Waals surface area contributed by atoms with Crippen molar-refractivity contribution in [2.45, 2.75) is 12.8 Å². The molecule has 0 saturated heterocycles. The smallest absolute Gasteiger partial charge is 0.253 e. The number of nitrogens with zero attached hydrogens (tertiary/aromatic N) is 1. The zero-order valence-corrected chi connectivity index (χ0v) is 12.9. The van der Waals surface area contributed by atoms with E-state index in [0.717, 1.165) is 5.69 Å². The Labute approximate surface area is 132 Å². The molecule has 0 aliphatic heterocycles. The number of carbonyl (C=O) groups excluding carboxylic acids is 2. The maximum absolute atomic E-state index is 12.0. The van der Waals surface area contributed by atoms with Gasteiger partial charge in [0.15, 0.2) is 0 Å². The zero-order valence-electron chi connectivity index (χ0n) is 12.0. The molecular formula is C15H18N4O2S. The lowest BCUT2D eigenvalue weighted by Gasteiger charge is -2.11. The third kappa shape index (κ3) is 4.64. The van der Waals surface area contributed by atoms with E-state index in [4.69, 9.17) is 5.73 Å². The standard InChI is InChI=1S/C15H18N4O2S/c16-7-8-17-15(21)12-3-1-2-4-13(12)19-14(20)6-5-11-9-22-10-18-11/h1-4,9-10H,5-8,16H2,(H,17,21)(H,19,20). The number of amides is 2. The Morgan fingerprint density at radius 1 is 1.27 bits per heavy atom. The molecule has 1 heterocycles. The Balaban J connectivity index is 1.96. The summed E-state index contributed by atoms with van der Waals surface area (Å²) in [4.78, 5) is 28.2. The minimum atomic E-state index is -0.249. The number of hydrogen-bond donors (Lipinski definition) is 3. The summed E-state index contributed by atoms with van der Waals surface area (Å²) in [6.45, 7) is 0.763. The Bertz CT molecular complexity index is 628. The van der Waals surface area contributed by atoms with Crippen molar-refractivity contribution in [2.75, 3.05) is 18.4 Å². The van der Waals surface area contributed by atoms with E-state index in [9.17, 15) is 9.59 Å². The summed E-state index contributed by atoms with van der Waals surface area (Å²) in [7, 11) is 0. The Kier molecular flexibility index (Phi) is 6.05. The molecule has 0 fully saturated rings. The van der Waals surface area contributed by atoms with E-state index < -0.39 is 0 Å². The first-order chi connectivity index (χ1) is 10.7. The van der Waals surface area contributed by atoms with Crippen LogP contribution in [0.15, 0.2) is 35.2 Å². The quantitative estimate of drug-likeness (QED) is 0.719. The third-order valence-electron chi connectivity index (χ3n) is 2.97. The number of thiazole rings is 1. The second-order valence-electron chi connectivity index (χ2n) is 4.62. The number of aryl methyl sites for hydroxylation is 1. The van der Waals surface area contributed by atoms with E-state index in [1.807, 2.05) is 5.38 Å². The van der Waals surface area contributed by atoms with E-state index >= 15 is 0 Å². The average Bonchev–Trinajstić information content (AvgIpc) is 3.04. The molecule has 2 rings (SSSR count). The van der Waals surface area contributed by atoms with Crippen molar-refractivity contribution in [1.82, 2.24) is 10.3 Å². The van der Waals surface area contributed by atoms with Gasteiger partial charge in [-0.15, -0.1) is 11.3 Å². The number of rotatable bonds is 7. The van der Waals surface area contributed by atoms with Gasteiger partial charge < -0.3 is 16.4 Å². The fourth-order valence-electron chi connectivity index (χ4n) is 1.89. The molecule has 0 saturated carbocycles. The molecular weight excluding hydrogens is 300 g/mol. The molecule has 1 aromatic carbocycles. The van der Waals surface area contributed by atoms with Crippen molar-refractivity contribution in [2.24, 2.45) is 5.73 Å². The van der Waals surface area contributed by atoms with E-state index in [1.54, 1.807) is 29.8 Å². The molecule has 0 aliphatic rings. The topological polar surface area (TPSA) is 97.1 Å². The monoisotopic (exact) mass is 318 g/mol. The SMILES string of the molecule is NCCNC(=O)c1ccccc1NC(=O)CCc1cscn1. The van der Waals surface area contributed by atoms with Gasteiger partial charge in [0.05, 0.1) is 22.5 Å². The maximum atomic E-state index is 12.0. The van der Waals surface area contributed by atoms with Crippen molar-refractivity contribution >= 4 is 28.8 Å². The summed E-state index contributed by atoms with van der Waals surface area (Å²) in [6.07, 6.45) is 0.902. The first kappa shape index (κ1) is 16.1. The molecule has 2 amide bonds. The molecule has 0 radical (unpaired) electrons. The molecule has 2 aromatic rings. The van der Waals surface area contributed by atoms with Crippen LogP contribution < -0.4 is 16.4 Å². The lowest BCUT2D eigenvalue weighted by atomic mass is 10.1. The van der Waals surface area contributed by atoms with Gasteiger partial charge in [0.2, 0.25) is 5.91 Å². The Hall–Kier alpha value is -2.25. The van der Waals surface area contributed by atoms with Crippen LogP contribution in [0.2, 0.25) is 0 Å². The second-order valence-corrected chi connectivity index (χ2v) is 5.34. The summed E-state index contributed by atoms with van der Waals surface area (Å²) >= 11 is 1.50. The van der Waals surface area contributed by atoms with Crippen LogP contribution in [-0.2, 0) is 11.2 Å². The predicted molar refractivity (Wildman–Crippen MR) is 86.9 cm³/mol. The van der Waals surface area contributed by atoms with Crippen LogP contribution in [-0.4, -0.2) is 29.9 Å². The highest BCUT2D eigenvalue weighted by Gasteiger charge is 2.12. The Morgan fingerprint density at radius 2 is 2.09 bits per heavy atom. The third-order valence-corrected chi connectivity index (χ3v) is 3.60. The van der Waals surface area contributed by atoms with Crippen molar-refractivity contribution < 1.29 is 9.59 Å². The van der Waals surface area contributed by atoms with Crippen molar-refractivity contribution in [3.05, 3.63) is 46.4 Å². The van der Waals surface area contributed by atoms with Crippen LogP contribution in [0.3, 0.4) is 0 Å². The number of para-hydroxylation sites is 1. The molecule has 0 aliphatic carbocycles. The molecule has 0 atom stereocenters. The van der Waals surface area contributed by atoms with Crippen LogP contribution in [0.4, 0.5) is 5.69 Å². The molecule has 0 spiro atoms. The number of hydrogen-bond acceptors (Lipinski definition) is 5. The zero-order chi connectivity index (χ0) is 15.8. The van der Waals surface area contributed by atoms with Gasteiger partial charge in [-0.2, -0.15) is 0 Å². The summed E-state index contributed by atoms with van der Waals surface area (Å²) in [6, 6.07) is 6.90. The Morgan fingerprint density at radius 3 is 2.82 bits per heavy atom. The largest absolute Gasteiger partial charge is 0.351 e. The number of nitrogens with two attached hydrogens (primary N) is 1. The van der Waals surface area contributed by atoms with Crippen LogP contribution in [0.25, 0.3) is 0 Å². The summed E-state index contributed by atoms with van der Waals surface area (Å²) in [5, 5.41) is 7.39. The van der Waals surface area contributed by atoms with E-state index in [2.05, 4.69) is 15.6 Å². The molecule has 1 aromatic heterocycles. The van der Waals surface area contributed by atoms with Gasteiger partial charge in [0, 0.05) is 24.9 Å². The predicted octanol–water partition coefficient (Wildman–Crippen LogP) is 1.40. The normalized spacial score (nSPS) is 10.2. The highest BCUT2D eigenvalue weighted by molar-refractivity contribution is 7.07. The van der Waals surface area contributed by atoms with Crippen molar-refractivity contribution in [1.29, 1.82) is 0 Å². The number of anilines is 1. The highest BCUT2D eigenvalue weighted by Crippen LogP contribution is 2.15. The van der Waals surface area contributed by atoms with Crippen LogP contribution in [0.5, 0.6) is 0 Å². The summed E-state index contributed by atoms with van der Waals surface area (Å²) in [5.74, 6) is -0.395. The fraction of sp³-hybridized carbons (Fsp3) is 0.267. The minimum absolute atomic E-state index is 0.146. The van der Waals surface area contributed by atoms with E-state index in [0.29, 0.717) is 37.2 Å². The van der Waals surface area contributed by atoms with E-state index in [1.165, 1.54) is 11.3 Å². The highest BCUT2D eigenvalue weighted by atomic mass is 32.1. The summed E-state index contributed by atoms with van der Waals surface area (Å²) < 4.78 is 0. The number of nitrogens with one attached hydrogen (secondary N) is 2. The molecule has 116 valence electrons. The molecule has 0 bridgehead atoms. The molecule has 6 nitrogen and oxygen atoms in total. The van der Waals surface area contributed by atoms with Crippen molar-refractivity contribution in [3.8, 4) is 0 Å². The average molecular weight is 318 g/mol. The van der Waals surface area contributed by atoms with Crippen molar-refractivity contribution in [3.63, 3.8) is 0 Å². The van der Waals surface area contributed by atoms with Gasteiger partial charge in [-0.25, -0.2) is 4.98 Å². The maximum Gasteiger partial charge on any atom is 0.253 e. The van der Waals surface area contributed by atoms with E-state index in [-0.39, 0.29) is 11.8 Å². The van der Waals surface area contributed by atoms with Gasteiger partial charge in [-0.1, -0.05) is 12.1 Å². The number of carbonyl (C=O) groups is 2.